The molecule has 2 N–H and O–H groups in total. The Hall–Kier alpha value is -1.48. The third-order valence-corrected chi connectivity index (χ3v) is 2.85. The Morgan fingerprint density at radius 1 is 1.27 bits per heavy atom. The van der Waals surface area contributed by atoms with E-state index >= 15 is 0 Å². The zero-order valence-corrected chi connectivity index (χ0v) is 9.49. The average molecular weight is 203 g/mol. The largest absolute Gasteiger partial charge is 0.378 e. The molecule has 0 aliphatic rings. The molecular formula is C12H17N3. The lowest BCUT2D eigenvalue weighted by Gasteiger charge is -2.12. The van der Waals surface area contributed by atoms with E-state index in [1.54, 1.807) is 0 Å². The molecule has 80 valence electrons. The smallest absolute Gasteiger partial charge is 0.0481 e. The van der Waals surface area contributed by atoms with E-state index in [4.69, 9.17) is 5.73 Å². The second kappa shape index (κ2) is 3.59. The number of aromatic nitrogens is 1. The molecule has 0 spiro atoms. The molecule has 0 fully saturated rings. The number of nitrogens with zero attached hydrogens (tertiary/aromatic N) is 2. The number of rotatable bonds is 2. The summed E-state index contributed by atoms with van der Waals surface area (Å²) in [6.07, 6.45) is 0. The van der Waals surface area contributed by atoms with Crippen molar-refractivity contribution in [3.63, 3.8) is 0 Å². The van der Waals surface area contributed by atoms with Gasteiger partial charge in [0.15, 0.2) is 0 Å². The Balaban J connectivity index is 2.63. The third kappa shape index (κ3) is 1.59. The highest BCUT2D eigenvalue weighted by Crippen LogP contribution is 2.23. The van der Waals surface area contributed by atoms with Crippen molar-refractivity contribution in [1.82, 2.24) is 4.57 Å². The topological polar surface area (TPSA) is 34.2 Å². The van der Waals surface area contributed by atoms with Crippen molar-refractivity contribution in [3.05, 3.63) is 30.0 Å². The summed E-state index contributed by atoms with van der Waals surface area (Å²) in [5.41, 5.74) is 9.30. The molecule has 0 aliphatic heterocycles. The van der Waals surface area contributed by atoms with Crippen LogP contribution in [0.4, 0.5) is 5.69 Å². The number of hydrogen-bond acceptors (Lipinski definition) is 2. The summed E-state index contributed by atoms with van der Waals surface area (Å²) in [5.74, 6) is 0. The first kappa shape index (κ1) is 10.1. The summed E-state index contributed by atoms with van der Waals surface area (Å²) in [6, 6.07) is 8.61. The first-order chi connectivity index (χ1) is 7.13. The van der Waals surface area contributed by atoms with Crippen LogP contribution in [0.1, 0.15) is 5.69 Å². The number of aryl methyl sites for hydroxylation is 1. The van der Waals surface area contributed by atoms with Crippen LogP contribution in [-0.4, -0.2) is 18.7 Å². The van der Waals surface area contributed by atoms with Crippen molar-refractivity contribution in [1.29, 1.82) is 0 Å². The molecule has 0 bridgehead atoms. The van der Waals surface area contributed by atoms with Crippen LogP contribution in [0, 0.1) is 0 Å². The Labute approximate surface area is 90.1 Å². The fourth-order valence-corrected chi connectivity index (χ4v) is 1.87. The predicted octanol–water partition coefficient (Wildman–Crippen LogP) is 1.70. The number of hydrogen-bond donors (Lipinski definition) is 1. The maximum Gasteiger partial charge on any atom is 0.0481 e. The maximum absolute atomic E-state index is 5.68. The molecule has 0 aliphatic carbocycles. The van der Waals surface area contributed by atoms with Gasteiger partial charge in [0.05, 0.1) is 0 Å². The molecule has 3 heteroatoms. The van der Waals surface area contributed by atoms with Gasteiger partial charge in [-0.1, -0.05) is 0 Å². The minimum atomic E-state index is 0.586. The van der Waals surface area contributed by atoms with E-state index in [1.165, 1.54) is 22.3 Å². The molecule has 0 saturated carbocycles. The molecule has 0 unspecified atom stereocenters. The van der Waals surface area contributed by atoms with E-state index in [9.17, 15) is 0 Å². The Kier molecular flexibility index (Phi) is 2.40. The molecule has 1 aromatic carbocycles. The second-order valence-corrected chi connectivity index (χ2v) is 4.04. The molecule has 2 aromatic rings. The molecular weight excluding hydrogens is 186 g/mol. The molecule has 0 amide bonds. The van der Waals surface area contributed by atoms with E-state index < -0.39 is 0 Å². The molecule has 0 saturated heterocycles. The van der Waals surface area contributed by atoms with Crippen LogP contribution < -0.4 is 10.6 Å². The minimum absolute atomic E-state index is 0.586. The van der Waals surface area contributed by atoms with Crippen molar-refractivity contribution in [2.75, 3.05) is 19.0 Å². The molecule has 1 aromatic heterocycles. The van der Waals surface area contributed by atoms with Gasteiger partial charge < -0.3 is 15.2 Å². The van der Waals surface area contributed by atoms with Crippen molar-refractivity contribution in [2.24, 2.45) is 12.8 Å². The Morgan fingerprint density at radius 3 is 2.60 bits per heavy atom. The van der Waals surface area contributed by atoms with Crippen molar-refractivity contribution in [3.8, 4) is 0 Å². The van der Waals surface area contributed by atoms with Gasteiger partial charge in [-0.05, 0) is 24.3 Å². The summed E-state index contributed by atoms with van der Waals surface area (Å²) in [6.45, 7) is 0.586. The summed E-state index contributed by atoms with van der Waals surface area (Å²) >= 11 is 0. The quantitative estimate of drug-likeness (QED) is 0.806. The lowest BCUT2D eigenvalue weighted by molar-refractivity contribution is 0.849. The first-order valence-electron chi connectivity index (χ1n) is 5.09. The van der Waals surface area contributed by atoms with Crippen LogP contribution in [0.15, 0.2) is 24.3 Å². The Bertz CT molecular complexity index is 483. The van der Waals surface area contributed by atoms with Gasteiger partial charge in [0.2, 0.25) is 0 Å². The van der Waals surface area contributed by atoms with Gasteiger partial charge >= 0.3 is 0 Å². The van der Waals surface area contributed by atoms with Gasteiger partial charge in [-0.3, -0.25) is 0 Å². The summed E-state index contributed by atoms with van der Waals surface area (Å²) in [7, 11) is 6.15. The zero-order valence-electron chi connectivity index (χ0n) is 9.49. The van der Waals surface area contributed by atoms with Crippen LogP contribution in [0.2, 0.25) is 0 Å². The zero-order chi connectivity index (χ0) is 11.0. The van der Waals surface area contributed by atoms with Gasteiger partial charge in [-0.25, -0.2) is 0 Å². The molecule has 0 atom stereocenters. The highest BCUT2D eigenvalue weighted by molar-refractivity contribution is 5.84. The second-order valence-electron chi connectivity index (χ2n) is 4.04. The lowest BCUT2D eigenvalue weighted by atomic mass is 10.2. The van der Waals surface area contributed by atoms with Gasteiger partial charge in [-0.2, -0.15) is 0 Å². The normalized spacial score (nSPS) is 10.9. The highest BCUT2D eigenvalue weighted by Gasteiger charge is 2.05. The standard InChI is InChI=1S/C12H17N3/c1-14(2)10-4-5-12-9(6-10)7-11(8-13)15(12)3/h4-7H,8,13H2,1-3H3. The highest BCUT2D eigenvalue weighted by atomic mass is 15.1. The van der Waals surface area contributed by atoms with Crippen LogP contribution in [0.5, 0.6) is 0 Å². The molecule has 0 radical (unpaired) electrons. The molecule has 1 heterocycles. The van der Waals surface area contributed by atoms with E-state index in [0.29, 0.717) is 6.54 Å². The van der Waals surface area contributed by atoms with Crippen molar-refractivity contribution >= 4 is 16.6 Å². The number of fused-ring (bicyclic) bond motifs is 1. The molecule has 2 rings (SSSR count). The van der Waals surface area contributed by atoms with Gasteiger partial charge in [-0.15, -0.1) is 0 Å². The van der Waals surface area contributed by atoms with Crippen LogP contribution >= 0.6 is 0 Å². The predicted molar refractivity (Wildman–Crippen MR) is 65.1 cm³/mol. The van der Waals surface area contributed by atoms with Crippen LogP contribution in [-0.2, 0) is 13.6 Å². The third-order valence-electron chi connectivity index (χ3n) is 2.85. The van der Waals surface area contributed by atoms with Gasteiger partial charge in [0.1, 0.15) is 0 Å². The average Bonchev–Trinajstić information content (AvgIpc) is 2.55. The van der Waals surface area contributed by atoms with Crippen molar-refractivity contribution in [2.45, 2.75) is 6.54 Å². The fourth-order valence-electron chi connectivity index (χ4n) is 1.87. The van der Waals surface area contributed by atoms with Gasteiger partial charge in [0, 0.05) is 50.0 Å². The van der Waals surface area contributed by atoms with E-state index in [2.05, 4.69) is 40.8 Å². The first-order valence-corrected chi connectivity index (χ1v) is 5.09. The van der Waals surface area contributed by atoms with E-state index in [0.717, 1.165) is 0 Å². The fraction of sp³-hybridized carbons (Fsp3) is 0.333. The molecule has 15 heavy (non-hydrogen) atoms. The Morgan fingerprint density at radius 2 is 2.00 bits per heavy atom. The molecule has 3 nitrogen and oxygen atoms in total. The SMILES string of the molecule is CN(C)c1ccc2c(c1)cc(CN)n2C. The van der Waals surface area contributed by atoms with Crippen LogP contribution in [0.3, 0.4) is 0 Å². The van der Waals surface area contributed by atoms with E-state index in [-0.39, 0.29) is 0 Å². The lowest BCUT2D eigenvalue weighted by Crippen LogP contribution is -2.08. The number of nitrogens with two attached hydrogens (primary N) is 1. The number of benzene rings is 1. The number of anilines is 1. The summed E-state index contributed by atoms with van der Waals surface area (Å²) in [5, 5.41) is 1.25. The minimum Gasteiger partial charge on any atom is -0.378 e. The summed E-state index contributed by atoms with van der Waals surface area (Å²) in [4.78, 5) is 2.11. The maximum atomic E-state index is 5.68. The van der Waals surface area contributed by atoms with Gasteiger partial charge in [0.25, 0.3) is 0 Å². The van der Waals surface area contributed by atoms with E-state index in [1.807, 2.05) is 14.1 Å². The van der Waals surface area contributed by atoms with Crippen LogP contribution in [0.25, 0.3) is 10.9 Å². The van der Waals surface area contributed by atoms with Crippen molar-refractivity contribution < 1.29 is 0 Å². The summed E-state index contributed by atoms with van der Waals surface area (Å²) < 4.78 is 2.15. The monoisotopic (exact) mass is 203 g/mol.